The maximum atomic E-state index is 5.69. The standard InChI is InChI=1S/C10H15N7/c1-3-8-14-7(11)4-9(15-8)12-5-10-16-13-6-17(10)2/h4,6H,3,5H2,1-2H3,(H3,11,12,14,15). The minimum Gasteiger partial charge on any atom is -0.384 e. The van der Waals surface area contributed by atoms with Crippen LogP contribution in [-0.2, 0) is 20.0 Å². The maximum Gasteiger partial charge on any atom is 0.151 e. The van der Waals surface area contributed by atoms with Crippen LogP contribution in [0.3, 0.4) is 0 Å². The summed E-state index contributed by atoms with van der Waals surface area (Å²) < 4.78 is 1.85. The van der Waals surface area contributed by atoms with E-state index in [0.717, 1.165) is 18.1 Å². The van der Waals surface area contributed by atoms with Crippen molar-refractivity contribution in [1.82, 2.24) is 24.7 Å². The Morgan fingerprint density at radius 3 is 2.88 bits per heavy atom. The molecule has 2 rings (SSSR count). The van der Waals surface area contributed by atoms with Crippen LogP contribution < -0.4 is 11.1 Å². The Kier molecular flexibility index (Phi) is 3.17. The van der Waals surface area contributed by atoms with Crippen molar-refractivity contribution < 1.29 is 0 Å². The SMILES string of the molecule is CCc1nc(N)cc(NCc2nncn2C)n1. The number of anilines is 2. The fourth-order valence-corrected chi connectivity index (χ4v) is 1.40. The van der Waals surface area contributed by atoms with Crippen molar-refractivity contribution in [2.24, 2.45) is 7.05 Å². The zero-order chi connectivity index (χ0) is 12.3. The van der Waals surface area contributed by atoms with E-state index in [1.807, 2.05) is 18.5 Å². The average Bonchev–Trinajstić information content (AvgIpc) is 2.71. The van der Waals surface area contributed by atoms with Gasteiger partial charge < -0.3 is 15.6 Å². The van der Waals surface area contributed by atoms with Crippen LogP contribution >= 0.6 is 0 Å². The van der Waals surface area contributed by atoms with Gasteiger partial charge in [0.25, 0.3) is 0 Å². The molecule has 0 saturated carbocycles. The molecular formula is C10H15N7. The van der Waals surface area contributed by atoms with Crippen molar-refractivity contribution in [3.8, 4) is 0 Å². The van der Waals surface area contributed by atoms with E-state index >= 15 is 0 Å². The number of hydrogen-bond donors (Lipinski definition) is 2. The highest BCUT2D eigenvalue weighted by Gasteiger charge is 2.03. The van der Waals surface area contributed by atoms with E-state index in [0.29, 0.717) is 18.2 Å². The molecule has 90 valence electrons. The molecule has 0 atom stereocenters. The number of nitrogens with zero attached hydrogens (tertiary/aromatic N) is 5. The summed E-state index contributed by atoms with van der Waals surface area (Å²) in [5.41, 5.74) is 5.69. The summed E-state index contributed by atoms with van der Waals surface area (Å²) in [6, 6.07) is 1.70. The van der Waals surface area contributed by atoms with Crippen molar-refractivity contribution >= 4 is 11.6 Å². The molecule has 0 aliphatic heterocycles. The van der Waals surface area contributed by atoms with Crippen molar-refractivity contribution in [3.05, 3.63) is 24.0 Å². The average molecular weight is 233 g/mol. The summed E-state index contributed by atoms with van der Waals surface area (Å²) in [5, 5.41) is 10.9. The maximum absolute atomic E-state index is 5.69. The largest absolute Gasteiger partial charge is 0.384 e. The normalized spacial score (nSPS) is 10.5. The third-order valence-corrected chi connectivity index (χ3v) is 2.34. The first-order chi connectivity index (χ1) is 8.19. The lowest BCUT2D eigenvalue weighted by Crippen LogP contribution is -2.09. The van der Waals surface area contributed by atoms with Crippen LogP contribution in [0.15, 0.2) is 12.4 Å². The molecule has 17 heavy (non-hydrogen) atoms. The van der Waals surface area contributed by atoms with Crippen LogP contribution in [0.1, 0.15) is 18.6 Å². The zero-order valence-electron chi connectivity index (χ0n) is 9.88. The summed E-state index contributed by atoms with van der Waals surface area (Å²) >= 11 is 0. The van der Waals surface area contributed by atoms with Crippen molar-refractivity contribution in [2.45, 2.75) is 19.9 Å². The second-order valence-electron chi connectivity index (χ2n) is 3.66. The number of aryl methyl sites for hydroxylation is 2. The fourth-order valence-electron chi connectivity index (χ4n) is 1.40. The van der Waals surface area contributed by atoms with Crippen LogP contribution in [0.25, 0.3) is 0 Å². The highest BCUT2D eigenvalue weighted by Crippen LogP contribution is 2.09. The van der Waals surface area contributed by atoms with Crippen LogP contribution in [0.5, 0.6) is 0 Å². The molecule has 0 fully saturated rings. The predicted octanol–water partition coefficient (Wildman–Crippen LogP) is 0.362. The summed E-state index contributed by atoms with van der Waals surface area (Å²) in [6.45, 7) is 2.54. The first-order valence-corrected chi connectivity index (χ1v) is 5.39. The van der Waals surface area contributed by atoms with Crippen molar-refractivity contribution in [1.29, 1.82) is 0 Å². The van der Waals surface area contributed by atoms with Gasteiger partial charge in [-0.1, -0.05) is 6.92 Å². The molecule has 0 aromatic carbocycles. The summed E-state index contributed by atoms with van der Waals surface area (Å²) in [7, 11) is 1.89. The van der Waals surface area contributed by atoms with Gasteiger partial charge in [-0.3, -0.25) is 0 Å². The molecule has 0 radical (unpaired) electrons. The lowest BCUT2D eigenvalue weighted by molar-refractivity contribution is 0.808. The lowest BCUT2D eigenvalue weighted by atomic mass is 10.4. The van der Waals surface area contributed by atoms with Crippen LogP contribution in [0.4, 0.5) is 11.6 Å². The van der Waals surface area contributed by atoms with Gasteiger partial charge in [0, 0.05) is 19.5 Å². The Balaban J connectivity index is 2.09. The van der Waals surface area contributed by atoms with Gasteiger partial charge in [-0.05, 0) is 0 Å². The first kappa shape index (κ1) is 11.3. The molecule has 2 heterocycles. The molecule has 0 aliphatic rings. The van der Waals surface area contributed by atoms with E-state index in [4.69, 9.17) is 5.73 Å². The van der Waals surface area contributed by atoms with Crippen LogP contribution in [-0.4, -0.2) is 24.7 Å². The summed E-state index contributed by atoms with van der Waals surface area (Å²) in [6.07, 6.45) is 2.41. The van der Waals surface area contributed by atoms with Gasteiger partial charge >= 0.3 is 0 Å². The van der Waals surface area contributed by atoms with Gasteiger partial charge in [0.2, 0.25) is 0 Å². The van der Waals surface area contributed by atoms with Gasteiger partial charge in [-0.25, -0.2) is 9.97 Å². The molecule has 0 saturated heterocycles. The number of aromatic nitrogens is 5. The van der Waals surface area contributed by atoms with Crippen molar-refractivity contribution in [3.63, 3.8) is 0 Å². The fraction of sp³-hybridized carbons (Fsp3) is 0.400. The van der Waals surface area contributed by atoms with Gasteiger partial charge in [-0.15, -0.1) is 10.2 Å². The predicted molar refractivity (Wildman–Crippen MR) is 64.2 cm³/mol. The molecule has 0 amide bonds. The van der Waals surface area contributed by atoms with E-state index in [9.17, 15) is 0 Å². The Hall–Kier alpha value is -2.18. The zero-order valence-corrected chi connectivity index (χ0v) is 9.88. The summed E-state index contributed by atoms with van der Waals surface area (Å²) in [5.74, 6) is 2.74. The van der Waals surface area contributed by atoms with Crippen LogP contribution in [0.2, 0.25) is 0 Å². The Morgan fingerprint density at radius 2 is 2.24 bits per heavy atom. The van der Waals surface area contributed by atoms with Gasteiger partial charge in [0.15, 0.2) is 5.82 Å². The van der Waals surface area contributed by atoms with Gasteiger partial charge in [-0.2, -0.15) is 0 Å². The number of hydrogen-bond acceptors (Lipinski definition) is 6. The molecule has 0 spiro atoms. The molecule has 2 aromatic heterocycles. The molecule has 0 bridgehead atoms. The Labute approximate surface area is 99.1 Å². The topological polar surface area (TPSA) is 94.5 Å². The Morgan fingerprint density at radius 1 is 1.41 bits per heavy atom. The van der Waals surface area contributed by atoms with E-state index in [2.05, 4.69) is 25.5 Å². The number of rotatable bonds is 4. The smallest absolute Gasteiger partial charge is 0.151 e. The van der Waals surface area contributed by atoms with E-state index < -0.39 is 0 Å². The van der Waals surface area contributed by atoms with E-state index in [-0.39, 0.29) is 0 Å². The van der Waals surface area contributed by atoms with E-state index in [1.165, 1.54) is 0 Å². The molecule has 0 aliphatic carbocycles. The molecule has 3 N–H and O–H groups in total. The monoisotopic (exact) mass is 233 g/mol. The molecule has 0 unspecified atom stereocenters. The number of nitrogens with one attached hydrogen (secondary N) is 1. The summed E-state index contributed by atoms with van der Waals surface area (Å²) in [4.78, 5) is 8.43. The second kappa shape index (κ2) is 4.77. The number of nitrogen functional groups attached to an aromatic ring is 1. The van der Waals surface area contributed by atoms with Crippen LogP contribution in [0, 0.1) is 0 Å². The third-order valence-electron chi connectivity index (χ3n) is 2.34. The molecule has 7 nitrogen and oxygen atoms in total. The minimum absolute atomic E-state index is 0.470. The highest BCUT2D eigenvalue weighted by atomic mass is 15.3. The quantitative estimate of drug-likeness (QED) is 0.791. The Bertz CT molecular complexity index is 505. The second-order valence-corrected chi connectivity index (χ2v) is 3.66. The molecular weight excluding hydrogens is 218 g/mol. The van der Waals surface area contributed by atoms with E-state index in [1.54, 1.807) is 12.4 Å². The highest BCUT2D eigenvalue weighted by molar-refractivity contribution is 5.44. The molecule has 7 heteroatoms. The first-order valence-electron chi connectivity index (χ1n) is 5.39. The third kappa shape index (κ3) is 2.68. The van der Waals surface area contributed by atoms with Gasteiger partial charge in [0.1, 0.15) is 23.8 Å². The molecule has 2 aromatic rings. The lowest BCUT2D eigenvalue weighted by Gasteiger charge is -2.07. The van der Waals surface area contributed by atoms with Crippen molar-refractivity contribution in [2.75, 3.05) is 11.1 Å². The van der Waals surface area contributed by atoms with Gasteiger partial charge in [0.05, 0.1) is 6.54 Å². The number of nitrogens with two attached hydrogens (primary N) is 1. The minimum atomic E-state index is 0.470.